The van der Waals surface area contributed by atoms with Gasteiger partial charge in [0, 0.05) is 38.5 Å². The lowest BCUT2D eigenvalue weighted by atomic mass is 9.81. The van der Waals surface area contributed by atoms with E-state index in [-0.39, 0.29) is 37.2 Å². The molecule has 1 aromatic rings. The largest absolute Gasteiger partial charge is 0.433 e. The number of carbonyl (C=O) groups is 4. The molecule has 1 aliphatic carbocycles. The lowest BCUT2D eigenvalue weighted by Crippen LogP contribution is -2.36. The van der Waals surface area contributed by atoms with Gasteiger partial charge in [-0.25, -0.2) is 9.78 Å². The highest BCUT2D eigenvalue weighted by Gasteiger charge is 2.39. The molecule has 7 nitrogen and oxygen atoms in total. The Labute approximate surface area is 158 Å². The zero-order valence-electron chi connectivity index (χ0n) is 15.1. The minimum atomic E-state index is -4.74. The van der Waals surface area contributed by atoms with E-state index in [1.165, 1.54) is 9.80 Å². The molecule has 0 N–H and O–H groups in total. The summed E-state index contributed by atoms with van der Waals surface area (Å²) in [6.45, 7) is 0.339. The maximum atomic E-state index is 13.1. The maximum absolute atomic E-state index is 13.1. The Morgan fingerprint density at radius 3 is 2.32 bits per heavy atom. The fraction of sp³-hybridized carbons (Fsp3) is 0.500. The summed E-state index contributed by atoms with van der Waals surface area (Å²) in [5.41, 5.74) is -1.71. The Hall–Kier alpha value is -2.78. The first-order chi connectivity index (χ1) is 13.1. The summed E-state index contributed by atoms with van der Waals surface area (Å²) in [7, 11) is 1.55. The third-order valence-electron chi connectivity index (χ3n) is 4.93. The second-order valence-corrected chi connectivity index (χ2v) is 6.90. The number of halogens is 3. The molecule has 28 heavy (non-hydrogen) atoms. The first kappa shape index (κ1) is 20.0. The maximum Gasteiger partial charge on any atom is 0.433 e. The van der Waals surface area contributed by atoms with Gasteiger partial charge in [0.15, 0.2) is 17.3 Å². The topological polar surface area (TPSA) is 87.7 Å². The second-order valence-electron chi connectivity index (χ2n) is 6.90. The van der Waals surface area contributed by atoms with Crippen molar-refractivity contribution in [3.8, 4) is 0 Å². The van der Waals surface area contributed by atoms with E-state index in [0.717, 1.165) is 6.07 Å². The van der Waals surface area contributed by atoms with Crippen molar-refractivity contribution in [3.63, 3.8) is 0 Å². The van der Waals surface area contributed by atoms with Crippen LogP contribution < -0.4 is 0 Å². The van der Waals surface area contributed by atoms with Crippen LogP contribution in [0.1, 0.15) is 41.0 Å². The van der Waals surface area contributed by atoms with Gasteiger partial charge in [0.05, 0.1) is 12.2 Å². The van der Waals surface area contributed by atoms with Gasteiger partial charge in [0.25, 0.3) is 0 Å². The van der Waals surface area contributed by atoms with Crippen LogP contribution in [0.4, 0.5) is 18.0 Å². The summed E-state index contributed by atoms with van der Waals surface area (Å²) in [5.74, 6) is -3.44. The third-order valence-corrected chi connectivity index (χ3v) is 4.93. The smallest absolute Gasteiger partial charge is 0.326 e. The predicted molar refractivity (Wildman–Crippen MR) is 89.4 cm³/mol. The van der Waals surface area contributed by atoms with Gasteiger partial charge in [-0.2, -0.15) is 13.2 Å². The van der Waals surface area contributed by atoms with E-state index in [4.69, 9.17) is 0 Å². The Morgan fingerprint density at radius 1 is 1.14 bits per heavy atom. The molecule has 0 atom stereocenters. The van der Waals surface area contributed by atoms with Crippen LogP contribution in [0.5, 0.6) is 0 Å². The Kier molecular flexibility index (Phi) is 5.22. The molecule has 2 fully saturated rings. The van der Waals surface area contributed by atoms with Gasteiger partial charge in [-0.3, -0.25) is 14.4 Å². The number of carbonyl (C=O) groups excluding carboxylic acids is 4. The number of nitrogens with zero attached hydrogens (tertiary/aromatic N) is 3. The van der Waals surface area contributed by atoms with E-state index >= 15 is 0 Å². The minimum absolute atomic E-state index is 0.0704. The van der Waals surface area contributed by atoms with Gasteiger partial charge < -0.3 is 9.80 Å². The molecular formula is C18H18F3N3O4. The number of Topliss-reactive ketones (excluding diaryl/α,β-unsaturated/α-hetero) is 3. The number of likely N-dealkylation sites (N-methyl/N-ethyl adjacent to an activating group) is 1. The molecule has 1 saturated heterocycles. The number of hydrogen-bond acceptors (Lipinski definition) is 5. The van der Waals surface area contributed by atoms with E-state index in [9.17, 15) is 32.3 Å². The number of urea groups is 1. The Morgan fingerprint density at radius 2 is 1.79 bits per heavy atom. The SMILES string of the molecule is CN1CCN(Cc2nc(C(F)(F)F)ccc2C(=O)C2C(=O)CCCC2=O)C1=O. The van der Waals surface area contributed by atoms with Crippen molar-refractivity contribution >= 4 is 23.4 Å². The van der Waals surface area contributed by atoms with Crippen LogP contribution >= 0.6 is 0 Å². The number of alkyl halides is 3. The van der Waals surface area contributed by atoms with Gasteiger partial charge >= 0.3 is 12.2 Å². The van der Waals surface area contributed by atoms with Crippen molar-refractivity contribution in [1.29, 1.82) is 0 Å². The average Bonchev–Trinajstić information content (AvgIpc) is 2.92. The van der Waals surface area contributed by atoms with Crippen molar-refractivity contribution in [1.82, 2.24) is 14.8 Å². The fourth-order valence-corrected chi connectivity index (χ4v) is 3.39. The number of aromatic nitrogens is 1. The molecule has 0 radical (unpaired) electrons. The van der Waals surface area contributed by atoms with Crippen molar-refractivity contribution < 1.29 is 32.3 Å². The molecule has 1 aromatic heterocycles. The number of rotatable bonds is 4. The fourth-order valence-electron chi connectivity index (χ4n) is 3.39. The summed E-state index contributed by atoms with van der Waals surface area (Å²) in [6.07, 6.45) is -4.24. The molecule has 2 aliphatic rings. The summed E-state index contributed by atoms with van der Waals surface area (Å²) in [4.78, 5) is 55.3. The van der Waals surface area contributed by atoms with Gasteiger partial charge in [0.1, 0.15) is 11.6 Å². The van der Waals surface area contributed by atoms with Gasteiger partial charge in [-0.05, 0) is 18.6 Å². The van der Waals surface area contributed by atoms with Crippen LogP contribution in [0, 0.1) is 5.92 Å². The van der Waals surface area contributed by atoms with Crippen LogP contribution in [-0.2, 0) is 22.3 Å². The highest BCUT2D eigenvalue weighted by Crippen LogP contribution is 2.30. The third kappa shape index (κ3) is 3.76. The first-order valence-corrected chi connectivity index (χ1v) is 8.76. The summed E-state index contributed by atoms with van der Waals surface area (Å²) in [6, 6.07) is 1.18. The first-order valence-electron chi connectivity index (χ1n) is 8.76. The van der Waals surface area contributed by atoms with E-state index in [0.29, 0.717) is 19.0 Å². The van der Waals surface area contributed by atoms with E-state index in [2.05, 4.69) is 4.98 Å². The van der Waals surface area contributed by atoms with E-state index < -0.39 is 41.2 Å². The number of amides is 2. The van der Waals surface area contributed by atoms with Crippen LogP contribution in [0.25, 0.3) is 0 Å². The molecule has 150 valence electrons. The van der Waals surface area contributed by atoms with Crippen LogP contribution in [0.15, 0.2) is 12.1 Å². The van der Waals surface area contributed by atoms with Crippen molar-refractivity contribution in [2.75, 3.05) is 20.1 Å². The molecule has 0 spiro atoms. The lowest BCUT2D eigenvalue weighted by Gasteiger charge is -2.22. The van der Waals surface area contributed by atoms with Crippen molar-refractivity contribution in [2.24, 2.45) is 5.92 Å². The molecule has 10 heteroatoms. The summed E-state index contributed by atoms with van der Waals surface area (Å²) >= 11 is 0. The van der Waals surface area contributed by atoms with Gasteiger partial charge in [-0.1, -0.05) is 0 Å². The molecule has 2 amide bonds. The number of ketones is 3. The number of pyridine rings is 1. The monoisotopic (exact) mass is 397 g/mol. The highest BCUT2D eigenvalue weighted by molar-refractivity contribution is 6.25. The zero-order chi connectivity index (χ0) is 20.6. The second kappa shape index (κ2) is 7.33. The highest BCUT2D eigenvalue weighted by atomic mass is 19.4. The van der Waals surface area contributed by atoms with Crippen molar-refractivity contribution in [3.05, 3.63) is 29.1 Å². The molecule has 0 bridgehead atoms. The lowest BCUT2D eigenvalue weighted by molar-refractivity contribution is -0.141. The molecule has 2 heterocycles. The van der Waals surface area contributed by atoms with Gasteiger partial charge in [0.2, 0.25) is 0 Å². The van der Waals surface area contributed by atoms with E-state index in [1.54, 1.807) is 7.05 Å². The standard InChI is InChI=1S/C18H18F3N3O4/c1-23-7-8-24(17(23)28)9-11-10(5-6-14(22-11)18(19,20)21)16(27)15-12(25)3-2-4-13(15)26/h5-6,15H,2-4,7-9H2,1H3. The van der Waals surface area contributed by atoms with Crippen LogP contribution in [-0.4, -0.2) is 58.3 Å². The van der Waals surface area contributed by atoms with Crippen LogP contribution in [0.3, 0.4) is 0 Å². The summed E-state index contributed by atoms with van der Waals surface area (Å²) in [5, 5.41) is 0. The molecule has 0 unspecified atom stereocenters. The number of hydrogen-bond donors (Lipinski definition) is 0. The molecule has 3 rings (SSSR count). The minimum Gasteiger partial charge on any atom is -0.326 e. The van der Waals surface area contributed by atoms with E-state index in [1.807, 2.05) is 0 Å². The molecular weight excluding hydrogens is 379 g/mol. The Balaban J connectivity index is 1.99. The zero-order valence-corrected chi connectivity index (χ0v) is 15.1. The van der Waals surface area contributed by atoms with Crippen LogP contribution in [0.2, 0.25) is 0 Å². The normalized spacial score (nSPS) is 18.9. The molecule has 1 aliphatic heterocycles. The van der Waals surface area contributed by atoms with Gasteiger partial charge in [-0.15, -0.1) is 0 Å². The molecule has 0 aromatic carbocycles. The predicted octanol–water partition coefficient (Wildman–Crippen LogP) is 2.09. The summed E-state index contributed by atoms with van der Waals surface area (Å²) < 4.78 is 39.3. The average molecular weight is 397 g/mol. The van der Waals surface area contributed by atoms with Crippen molar-refractivity contribution in [2.45, 2.75) is 32.0 Å². The quantitative estimate of drug-likeness (QED) is 0.574. The molecule has 1 saturated carbocycles. The Bertz CT molecular complexity index is 837.